The van der Waals surface area contributed by atoms with Gasteiger partial charge in [0.15, 0.2) is 5.16 Å². The van der Waals surface area contributed by atoms with Gasteiger partial charge in [0.25, 0.3) is 5.56 Å². The summed E-state index contributed by atoms with van der Waals surface area (Å²) >= 11 is 1.38. The molecule has 1 unspecified atom stereocenters. The molecule has 4 rings (SSSR count). The Balaban J connectivity index is 1.67. The summed E-state index contributed by atoms with van der Waals surface area (Å²) in [4.78, 5) is 26.0. The number of hydrogen-bond acceptors (Lipinski definition) is 5. The van der Waals surface area contributed by atoms with Crippen molar-refractivity contribution in [3.05, 3.63) is 70.5 Å². The van der Waals surface area contributed by atoms with Gasteiger partial charge in [-0.05, 0) is 30.5 Å². The number of fused-ring (bicyclic) bond motifs is 3. The van der Waals surface area contributed by atoms with Gasteiger partial charge in [-0.2, -0.15) is 0 Å². The van der Waals surface area contributed by atoms with Crippen LogP contribution in [-0.4, -0.2) is 30.3 Å². The molecule has 0 saturated carbocycles. The molecule has 7 nitrogen and oxygen atoms in total. The zero-order valence-corrected chi connectivity index (χ0v) is 19.1. The first-order valence-corrected chi connectivity index (χ1v) is 11.9. The molecule has 1 atom stereocenters. The largest absolute Gasteiger partial charge is 0.351 e. The second-order valence-corrected chi connectivity index (χ2v) is 8.83. The quantitative estimate of drug-likeness (QED) is 0.390. The number of thioether (sulfide) groups is 1. The van der Waals surface area contributed by atoms with Crippen LogP contribution in [0, 0.1) is 0 Å². The lowest BCUT2D eigenvalue weighted by atomic mass is 10.2. The van der Waals surface area contributed by atoms with E-state index in [-0.39, 0.29) is 16.7 Å². The van der Waals surface area contributed by atoms with Crippen molar-refractivity contribution in [1.82, 2.24) is 24.5 Å². The number of carbonyl (C=O) groups excluding carboxylic acids is 1. The Hall–Kier alpha value is -3.13. The molecule has 8 heteroatoms. The molecule has 4 aromatic rings. The summed E-state index contributed by atoms with van der Waals surface area (Å²) in [5.41, 5.74) is 1.75. The van der Waals surface area contributed by atoms with E-state index in [1.807, 2.05) is 65.9 Å². The van der Waals surface area contributed by atoms with Crippen LogP contribution in [0.15, 0.2) is 64.5 Å². The predicted molar refractivity (Wildman–Crippen MR) is 128 cm³/mol. The van der Waals surface area contributed by atoms with Crippen molar-refractivity contribution in [2.24, 2.45) is 0 Å². The highest BCUT2D eigenvalue weighted by atomic mass is 32.2. The Morgan fingerprint density at radius 1 is 1.06 bits per heavy atom. The molecule has 0 spiro atoms. The molecule has 166 valence electrons. The lowest BCUT2D eigenvalue weighted by Gasteiger charge is -2.15. The number of carbonyl (C=O) groups is 1. The molecule has 0 fully saturated rings. The molecule has 32 heavy (non-hydrogen) atoms. The van der Waals surface area contributed by atoms with E-state index in [9.17, 15) is 9.59 Å². The van der Waals surface area contributed by atoms with Gasteiger partial charge in [-0.1, -0.05) is 74.5 Å². The van der Waals surface area contributed by atoms with Gasteiger partial charge in [0, 0.05) is 13.1 Å². The van der Waals surface area contributed by atoms with Gasteiger partial charge in [0.2, 0.25) is 11.7 Å². The Labute approximate surface area is 190 Å². The number of hydrogen-bond donors (Lipinski definition) is 1. The smallest absolute Gasteiger partial charge is 0.262 e. The molecule has 1 N–H and O–H groups in total. The van der Waals surface area contributed by atoms with Crippen LogP contribution in [0.3, 0.4) is 0 Å². The van der Waals surface area contributed by atoms with E-state index in [2.05, 4.69) is 22.4 Å². The Morgan fingerprint density at radius 3 is 2.56 bits per heavy atom. The molecule has 0 saturated heterocycles. The molecule has 2 heterocycles. The van der Waals surface area contributed by atoms with E-state index >= 15 is 0 Å². The van der Waals surface area contributed by atoms with Crippen LogP contribution in [-0.2, 0) is 17.9 Å². The van der Waals surface area contributed by atoms with Crippen LogP contribution in [0.1, 0.15) is 38.7 Å². The fraction of sp³-hybridized carbons (Fsp3) is 0.333. The lowest BCUT2D eigenvalue weighted by molar-refractivity contribution is -0.120. The van der Waals surface area contributed by atoms with Crippen LogP contribution in [0.25, 0.3) is 16.7 Å². The predicted octanol–water partition coefficient (Wildman–Crippen LogP) is 4.03. The van der Waals surface area contributed by atoms with Gasteiger partial charge >= 0.3 is 0 Å². The summed E-state index contributed by atoms with van der Waals surface area (Å²) in [6.07, 6.45) is 2.50. The van der Waals surface area contributed by atoms with Gasteiger partial charge < -0.3 is 5.32 Å². The minimum Gasteiger partial charge on any atom is -0.351 e. The SMILES string of the molecule is CCCCn1c(=O)c2ccccc2n2c(SC(CC)C(=O)NCc3ccccc3)nnc12. The van der Waals surface area contributed by atoms with E-state index in [1.54, 1.807) is 4.57 Å². The minimum atomic E-state index is -0.319. The summed E-state index contributed by atoms with van der Waals surface area (Å²) < 4.78 is 3.60. The number of benzene rings is 2. The van der Waals surface area contributed by atoms with Crippen LogP contribution < -0.4 is 10.9 Å². The number of para-hydroxylation sites is 1. The van der Waals surface area contributed by atoms with Crippen LogP contribution in [0.2, 0.25) is 0 Å². The van der Waals surface area contributed by atoms with Crippen molar-refractivity contribution in [1.29, 1.82) is 0 Å². The number of amides is 1. The van der Waals surface area contributed by atoms with Crippen molar-refractivity contribution in [2.75, 3.05) is 0 Å². The average molecular weight is 450 g/mol. The summed E-state index contributed by atoms with van der Waals surface area (Å²) in [5, 5.41) is 12.7. The van der Waals surface area contributed by atoms with Gasteiger partial charge in [-0.15, -0.1) is 10.2 Å². The molecule has 0 aliphatic heterocycles. The van der Waals surface area contributed by atoms with Gasteiger partial charge in [-0.25, -0.2) is 0 Å². The van der Waals surface area contributed by atoms with Gasteiger partial charge in [-0.3, -0.25) is 18.6 Å². The molecule has 0 bridgehead atoms. The van der Waals surface area contributed by atoms with Gasteiger partial charge in [0.05, 0.1) is 16.2 Å². The molecule has 2 aromatic heterocycles. The van der Waals surface area contributed by atoms with E-state index in [0.29, 0.717) is 35.8 Å². The fourth-order valence-corrected chi connectivity index (χ4v) is 4.66. The molecule has 2 aromatic carbocycles. The molecular weight excluding hydrogens is 422 g/mol. The van der Waals surface area contributed by atoms with Crippen molar-refractivity contribution in [2.45, 2.75) is 56.6 Å². The molecule has 1 amide bonds. The number of aryl methyl sites for hydroxylation is 1. The third kappa shape index (κ3) is 4.41. The molecule has 0 radical (unpaired) electrons. The number of nitrogens with one attached hydrogen (secondary N) is 1. The maximum Gasteiger partial charge on any atom is 0.262 e. The summed E-state index contributed by atoms with van der Waals surface area (Å²) in [6.45, 7) is 5.14. The molecular formula is C24H27N5O2S. The Bertz CT molecular complexity index is 1280. The topological polar surface area (TPSA) is 81.3 Å². The first-order valence-electron chi connectivity index (χ1n) is 11.0. The number of rotatable bonds is 9. The first kappa shape index (κ1) is 22.1. The molecule has 0 aliphatic carbocycles. The van der Waals surface area contributed by atoms with Crippen molar-refractivity contribution in [3.8, 4) is 0 Å². The summed E-state index contributed by atoms with van der Waals surface area (Å²) in [7, 11) is 0. The zero-order chi connectivity index (χ0) is 22.5. The first-order chi connectivity index (χ1) is 15.6. The Morgan fingerprint density at radius 2 is 1.81 bits per heavy atom. The second kappa shape index (κ2) is 9.99. The van der Waals surface area contributed by atoms with Crippen LogP contribution in [0.5, 0.6) is 0 Å². The van der Waals surface area contributed by atoms with Crippen LogP contribution >= 0.6 is 11.8 Å². The van der Waals surface area contributed by atoms with E-state index in [1.165, 1.54) is 11.8 Å². The monoisotopic (exact) mass is 449 g/mol. The minimum absolute atomic E-state index is 0.0401. The fourth-order valence-electron chi connectivity index (χ4n) is 3.68. The third-order valence-corrected chi connectivity index (χ3v) is 6.74. The zero-order valence-electron chi connectivity index (χ0n) is 18.3. The van der Waals surface area contributed by atoms with E-state index in [4.69, 9.17) is 0 Å². The number of aromatic nitrogens is 4. The number of unbranched alkanes of at least 4 members (excludes halogenated alkanes) is 1. The maximum atomic E-state index is 13.1. The molecule has 0 aliphatic rings. The summed E-state index contributed by atoms with van der Waals surface area (Å²) in [5.74, 6) is 0.478. The Kier molecular flexibility index (Phi) is 6.90. The van der Waals surface area contributed by atoms with Crippen LogP contribution in [0.4, 0.5) is 0 Å². The highest BCUT2D eigenvalue weighted by Gasteiger charge is 2.23. The average Bonchev–Trinajstić information content (AvgIpc) is 3.25. The van der Waals surface area contributed by atoms with Crippen molar-refractivity contribution < 1.29 is 4.79 Å². The highest BCUT2D eigenvalue weighted by molar-refractivity contribution is 8.00. The number of nitrogens with zero attached hydrogens (tertiary/aromatic N) is 4. The van der Waals surface area contributed by atoms with E-state index in [0.717, 1.165) is 23.9 Å². The van der Waals surface area contributed by atoms with E-state index < -0.39 is 0 Å². The lowest BCUT2D eigenvalue weighted by Crippen LogP contribution is -2.32. The third-order valence-electron chi connectivity index (χ3n) is 5.43. The standard InChI is InChI=1S/C24H27N5O2S/c1-3-5-15-28-22(31)18-13-9-10-14-19(18)29-23(28)26-27-24(29)32-20(4-2)21(30)25-16-17-11-7-6-8-12-17/h6-14,20H,3-5,15-16H2,1-2H3,(H,25,30). The summed E-state index contributed by atoms with van der Waals surface area (Å²) in [6, 6.07) is 17.3. The normalized spacial score (nSPS) is 12.3. The highest BCUT2D eigenvalue weighted by Crippen LogP contribution is 2.27. The second-order valence-electron chi connectivity index (χ2n) is 7.66. The maximum absolute atomic E-state index is 13.1. The van der Waals surface area contributed by atoms with Crippen molar-refractivity contribution >= 4 is 34.3 Å². The van der Waals surface area contributed by atoms with Crippen molar-refractivity contribution in [3.63, 3.8) is 0 Å². The van der Waals surface area contributed by atoms with Gasteiger partial charge in [0.1, 0.15) is 0 Å².